The first-order valence-corrected chi connectivity index (χ1v) is 5.66. The molecule has 3 aliphatic rings. The van der Waals surface area contributed by atoms with Crippen LogP contribution < -0.4 is 5.73 Å². The Labute approximate surface area is 87.4 Å². The summed E-state index contributed by atoms with van der Waals surface area (Å²) in [6, 6.07) is 0. The van der Waals surface area contributed by atoms with Crippen LogP contribution in [0.2, 0.25) is 0 Å². The molecule has 3 heteroatoms. The molecule has 3 aliphatic carbocycles. The van der Waals surface area contributed by atoms with Crippen LogP contribution in [0, 0.1) is 16.2 Å². The Morgan fingerprint density at radius 2 is 1.92 bits per heavy atom. The fourth-order valence-electron chi connectivity index (χ4n) is 3.50. The highest BCUT2D eigenvalue weighted by Gasteiger charge is 2.79. The fraction of sp³-hybridized carbons (Fsp3) is 0.900. The first kappa shape index (κ1) is 9.50. The quantitative estimate of drug-likeness (QED) is 0.707. The monoisotopic (exact) mass is 245 g/mol. The van der Waals surface area contributed by atoms with Gasteiger partial charge in [0.1, 0.15) is 0 Å². The zero-order valence-electron chi connectivity index (χ0n) is 8.36. The van der Waals surface area contributed by atoms with Crippen LogP contribution in [0.25, 0.3) is 0 Å². The van der Waals surface area contributed by atoms with E-state index in [1.165, 1.54) is 0 Å². The Bertz CT molecular complexity index is 289. The summed E-state index contributed by atoms with van der Waals surface area (Å²) in [7, 11) is 0. The number of halogens is 1. The van der Waals surface area contributed by atoms with E-state index in [0.29, 0.717) is 0 Å². The largest absolute Gasteiger partial charge is 0.369 e. The van der Waals surface area contributed by atoms with E-state index in [9.17, 15) is 4.79 Å². The van der Waals surface area contributed by atoms with E-state index >= 15 is 0 Å². The number of fused-ring (bicyclic) bond motifs is 1. The maximum atomic E-state index is 11.5. The fourth-order valence-corrected chi connectivity index (χ4v) is 5.33. The van der Waals surface area contributed by atoms with Crippen LogP contribution >= 0.6 is 15.9 Å². The van der Waals surface area contributed by atoms with Gasteiger partial charge in [-0.1, -0.05) is 36.7 Å². The molecule has 1 amide bonds. The molecule has 0 aromatic carbocycles. The van der Waals surface area contributed by atoms with Crippen molar-refractivity contribution in [3.05, 3.63) is 0 Å². The van der Waals surface area contributed by atoms with Crippen LogP contribution in [0.3, 0.4) is 0 Å². The molecular formula is C10H16BrNO. The Morgan fingerprint density at radius 3 is 2.08 bits per heavy atom. The molecule has 0 unspecified atom stereocenters. The van der Waals surface area contributed by atoms with Crippen molar-refractivity contribution in [2.75, 3.05) is 0 Å². The highest BCUT2D eigenvalue weighted by atomic mass is 79.9. The van der Waals surface area contributed by atoms with E-state index in [4.69, 9.17) is 5.73 Å². The molecule has 0 saturated heterocycles. The van der Waals surface area contributed by atoms with Gasteiger partial charge in [-0.15, -0.1) is 0 Å². The summed E-state index contributed by atoms with van der Waals surface area (Å²) < 4.78 is 0. The summed E-state index contributed by atoms with van der Waals surface area (Å²) in [5.41, 5.74) is 5.54. The highest BCUT2D eigenvalue weighted by Crippen LogP contribution is 2.79. The zero-order valence-corrected chi connectivity index (χ0v) is 9.94. The van der Waals surface area contributed by atoms with Crippen LogP contribution in [-0.4, -0.2) is 10.7 Å². The van der Waals surface area contributed by atoms with Gasteiger partial charge in [0, 0.05) is 4.83 Å². The number of carbonyl (C=O) groups is 1. The molecule has 3 saturated carbocycles. The van der Waals surface area contributed by atoms with Crippen molar-refractivity contribution in [1.82, 2.24) is 0 Å². The van der Waals surface area contributed by atoms with E-state index in [1.54, 1.807) is 0 Å². The number of rotatable bonds is 1. The molecule has 2 nitrogen and oxygen atoms in total. The Balaban J connectivity index is 2.50. The lowest BCUT2D eigenvalue weighted by atomic mass is 9.43. The van der Waals surface area contributed by atoms with E-state index in [0.717, 1.165) is 12.8 Å². The minimum absolute atomic E-state index is 0.0556. The third-order valence-corrected chi connectivity index (χ3v) is 6.81. The number of carbonyl (C=O) groups excluding carboxylic acids is 1. The van der Waals surface area contributed by atoms with Gasteiger partial charge < -0.3 is 5.73 Å². The highest BCUT2D eigenvalue weighted by molar-refractivity contribution is 9.09. The molecule has 0 aromatic heterocycles. The van der Waals surface area contributed by atoms with Gasteiger partial charge >= 0.3 is 0 Å². The van der Waals surface area contributed by atoms with Crippen molar-refractivity contribution in [2.24, 2.45) is 22.0 Å². The topological polar surface area (TPSA) is 43.1 Å². The number of alkyl halides is 1. The summed E-state index contributed by atoms with van der Waals surface area (Å²) in [6.45, 7) is 6.59. The lowest BCUT2D eigenvalue weighted by Gasteiger charge is -2.63. The second-order valence-corrected chi connectivity index (χ2v) is 6.16. The van der Waals surface area contributed by atoms with Gasteiger partial charge in [0.05, 0.1) is 5.41 Å². The molecule has 0 aliphatic heterocycles. The third kappa shape index (κ3) is 0.641. The van der Waals surface area contributed by atoms with E-state index < -0.39 is 0 Å². The molecule has 0 spiro atoms. The van der Waals surface area contributed by atoms with Gasteiger partial charge in [-0.25, -0.2) is 0 Å². The van der Waals surface area contributed by atoms with Crippen molar-refractivity contribution >= 4 is 21.8 Å². The molecule has 2 bridgehead atoms. The van der Waals surface area contributed by atoms with Crippen LogP contribution in [-0.2, 0) is 4.79 Å². The summed E-state index contributed by atoms with van der Waals surface area (Å²) in [6.07, 6.45) is 2.06. The van der Waals surface area contributed by atoms with Gasteiger partial charge in [-0.05, 0) is 23.7 Å². The molecule has 0 heterocycles. The summed E-state index contributed by atoms with van der Waals surface area (Å²) in [5, 5.41) is 0. The molecule has 3 atom stereocenters. The third-order valence-electron chi connectivity index (χ3n) is 5.01. The smallest absolute Gasteiger partial charge is 0.225 e. The second kappa shape index (κ2) is 2.13. The lowest BCUT2D eigenvalue weighted by Crippen LogP contribution is -2.68. The van der Waals surface area contributed by atoms with Crippen LogP contribution in [0.1, 0.15) is 33.6 Å². The Kier molecular flexibility index (Phi) is 1.56. The second-order valence-electron chi connectivity index (χ2n) is 5.24. The zero-order chi connectivity index (χ0) is 10.1. The number of amides is 1. The van der Waals surface area contributed by atoms with E-state index in [-0.39, 0.29) is 27.0 Å². The lowest BCUT2D eigenvalue weighted by molar-refractivity contribution is -0.158. The normalized spacial score (nSPS) is 51.5. The first-order valence-electron chi connectivity index (χ1n) is 4.75. The predicted octanol–water partition coefficient (Wildman–Crippen LogP) is 2.06. The standard InChI is InChI=1S/C10H16BrNO/c1-8(2)9(3)4-5-10(8,6(9)11)7(12)13/h6H,4-5H2,1-3H3,(H2,12,13)/t6-,9-,10+/m1/s1. The number of nitrogens with two attached hydrogens (primary N) is 1. The Hall–Kier alpha value is -0.0500. The summed E-state index contributed by atoms with van der Waals surface area (Å²) in [5.74, 6) is -0.130. The molecule has 0 aromatic rings. The van der Waals surface area contributed by atoms with Gasteiger partial charge in [0.2, 0.25) is 5.91 Å². The minimum Gasteiger partial charge on any atom is -0.369 e. The summed E-state index contributed by atoms with van der Waals surface area (Å²) in [4.78, 5) is 11.8. The van der Waals surface area contributed by atoms with Gasteiger partial charge in [-0.2, -0.15) is 0 Å². The average Bonchev–Trinajstić information content (AvgIpc) is 2.39. The number of hydrogen-bond acceptors (Lipinski definition) is 1. The maximum absolute atomic E-state index is 11.5. The van der Waals surface area contributed by atoms with Gasteiger partial charge in [-0.3, -0.25) is 4.79 Å². The Morgan fingerprint density at radius 1 is 1.38 bits per heavy atom. The summed E-state index contributed by atoms with van der Waals surface area (Å²) >= 11 is 3.64. The first-order chi connectivity index (χ1) is 5.81. The predicted molar refractivity (Wildman–Crippen MR) is 55.5 cm³/mol. The van der Waals surface area contributed by atoms with E-state index in [1.807, 2.05) is 0 Å². The van der Waals surface area contributed by atoms with Crippen molar-refractivity contribution in [3.8, 4) is 0 Å². The molecule has 2 N–H and O–H groups in total. The average molecular weight is 246 g/mol. The molecule has 3 fully saturated rings. The van der Waals surface area contributed by atoms with Crippen LogP contribution in [0.5, 0.6) is 0 Å². The van der Waals surface area contributed by atoms with Gasteiger partial charge in [0.25, 0.3) is 0 Å². The van der Waals surface area contributed by atoms with Crippen molar-refractivity contribution < 1.29 is 4.79 Å². The maximum Gasteiger partial charge on any atom is 0.225 e. The molecular weight excluding hydrogens is 230 g/mol. The van der Waals surface area contributed by atoms with Crippen LogP contribution in [0.4, 0.5) is 0 Å². The molecule has 74 valence electrons. The minimum atomic E-state index is -0.290. The van der Waals surface area contributed by atoms with E-state index in [2.05, 4.69) is 36.7 Å². The molecule has 13 heavy (non-hydrogen) atoms. The van der Waals surface area contributed by atoms with Crippen LogP contribution in [0.15, 0.2) is 0 Å². The van der Waals surface area contributed by atoms with Crippen molar-refractivity contribution in [1.29, 1.82) is 0 Å². The molecule has 0 radical (unpaired) electrons. The van der Waals surface area contributed by atoms with Gasteiger partial charge in [0.15, 0.2) is 0 Å². The number of hydrogen-bond donors (Lipinski definition) is 1. The van der Waals surface area contributed by atoms with Crippen molar-refractivity contribution in [3.63, 3.8) is 0 Å². The van der Waals surface area contributed by atoms with Crippen molar-refractivity contribution in [2.45, 2.75) is 38.4 Å². The SMILES string of the molecule is CC1(C)[C@]2(C)CC[C@@]1(C(N)=O)[C@@H]2Br. The number of primary amides is 1. The molecule has 3 rings (SSSR count).